The lowest BCUT2D eigenvalue weighted by atomic mass is 10.1. The zero-order chi connectivity index (χ0) is 14.8. The number of amides is 1. The number of pyridine rings is 1. The van der Waals surface area contributed by atoms with Crippen LogP contribution in [0.15, 0.2) is 24.5 Å². The fourth-order valence-electron chi connectivity index (χ4n) is 2.16. The summed E-state index contributed by atoms with van der Waals surface area (Å²) >= 11 is 0. The molecular formula is C13H15N5O3. The van der Waals surface area contributed by atoms with Gasteiger partial charge in [-0.2, -0.15) is 0 Å². The monoisotopic (exact) mass is 289 g/mol. The SMILES string of the molecule is COc1ccc(C(=O)N2CC(n3cc(CO)nn3)C2)cn1. The van der Waals surface area contributed by atoms with Gasteiger partial charge in [0.25, 0.3) is 5.91 Å². The van der Waals surface area contributed by atoms with Crippen LogP contribution in [0.5, 0.6) is 5.88 Å². The van der Waals surface area contributed by atoms with Gasteiger partial charge >= 0.3 is 0 Å². The molecule has 1 amide bonds. The number of nitrogens with zero attached hydrogens (tertiary/aromatic N) is 5. The molecule has 1 aliphatic heterocycles. The van der Waals surface area contributed by atoms with Crippen LogP contribution < -0.4 is 4.74 Å². The van der Waals surface area contributed by atoms with Gasteiger partial charge in [0.2, 0.25) is 5.88 Å². The summed E-state index contributed by atoms with van der Waals surface area (Å²) in [5.74, 6) is 0.413. The van der Waals surface area contributed by atoms with Gasteiger partial charge in [-0.05, 0) is 6.07 Å². The summed E-state index contributed by atoms with van der Waals surface area (Å²) in [4.78, 5) is 18.0. The van der Waals surface area contributed by atoms with E-state index in [9.17, 15) is 4.79 Å². The molecular weight excluding hydrogens is 274 g/mol. The van der Waals surface area contributed by atoms with Gasteiger partial charge in [0.05, 0.1) is 31.5 Å². The van der Waals surface area contributed by atoms with Gasteiger partial charge in [-0.3, -0.25) is 4.79 Å². The first-order valence-corrected chi connectivity index (χ1v) is 6.52. The molecule has 3 rings (SSSR count). The lowest BCUT2D eigenvalue weighted by Gasteiger charge is -2.38. The maximum absolute atomic E-state index is 12.2. The molecule has 2 aromatic heterocycles. The van der Waals surface area contributed by atoms with E-state index in [-0.39, 0.29) is 18.6 Å². The standard InChI is InChI=1S/C13H15N5O3/c1-21-12-3-2-9(4-14-12)13(20)17-6-11(7-17)18-5-10(8-19)15-16-18/h2-5,11,19H,6-8H2,1H3. The zero-order valence-electron chi connectivity index (χ0n) is 11.5. The molecule has 1 fully saturated rings. The van der Waals surface area contributed by atoms with Gasteiger partial charge in [0, 0.05) is 25.4 Å². The second-order valence-electron chi connectivity index (χ2n) is 4.80. The quantitative estimate of drug-likeness (QED) is 0.843. The number of hydrogen-bond acceptors (Lipinski definition) is 6. The lowest BCUT2D eigenvalue weighted by molar-refractivity contribution is 0.0498. The number of methoxy groups -OCH3 is 1. The molecule has 0 saturated carbocycles. The maximum atomic E-state index is 12.2. The summed E-state index contributed by atoms with van der Waals surface area (Å²) in [5, 5.41) is 16.7. The normalized spacial score (nSPS) is 14.9. The van der Waals surface area contributed by atoms with Gasteiger partial charge in [-0.15, -0.1) is 5.10 Å². The average Bonchev–Trinajstić information content (AvgIpc) is 2.94. The summed E-state index contributed by atoms with van der Waals surface area (Å²) in [6, 6.07) is 3.46. The van der Waals surface area contributed by atoms with E-state index >= 15 is 0 Å². The molecule has 0 spiro atoms. The summed E-state index contributed by atoms with van der Waals surface area (Å²) in [5.41, 5.74) is 1.06. The molecule has 0 aromatic carbocycles. The van der Waals surface area contributed by atoms with Crippen molar-refractivity contribution in [3.63, 3.8) is 0 Å². The van der Waals surface area contributed by atoms with Crippen LogP contribution in [-0.4, -0.2) is 56.1 Å². The minimum atomic E-state index is -0.132. The Hall–Kier alpha value is -2.48. The van der Waals surface area contributed by atoms with Crippen molar-refractivity contribution in [1.82, 2.24) is 24.9 Å². The summed E-state index contributed by atoms with van der Waals surface area (Å²) in [6.45, 7) is 1.01. The highest BCUT2D eigenvalue weighted by atomic mass is 16.5. The highest BCUT2D eigenvalue weighted by Crippen LogP contribution is 2.22. The number of hydrogen-bond donors (Lipinski definition) is 1. The number of aromatic nitrogens is 4. The third kappa shape index (κ3) is 2.57. The Morgan fingerprint density at radius 3 is 2.86 bits per heavy atom. The number of aliphatic hydroxyl groups is 1. The largest absolute Gasteiger partial charge is 0.481 e. The van der Waals surface area contributed by atoms with E-state index in [4.69, 9.17) is 9.84 Å². The highest BCUT2D eigenvalue weighted by Gasteiger charge is 2.33. The predicted molar refractivity (Wildman–Crippen MR) is 71.7 cm³/mol. The summed E-state index contributed by atoms with van der Waals surface area (Å²) in [6.07, 6.45) is 3.20. The van der Waals surface area contributed by atoms with Crippen LogP contribution in [0.4, 0.5) is 0 Å². The van der Waals surface area contributed by atoms with Crippen molar-refractivity contribution in [2.45, 2.75) is 12.6 Å². The Morgan fingerprint density at radius 1 is 1.48 bits per heavy atom. The van der Waals surface area contributed by atoms with Crippen LogP contribution in [0, 0.1) is 0 Å². The van der Waals surface area contributed by atoms with E-state index in [1.165, 1.54) is 13.3 Å². The van der Waals surface area contributed by atoms with E-state index in [1.54, 1.807) is 27.9 Å². The zero-order valence-corrected chi connectivity index (χ0v) is 11.5. The fraction of sp³-hybridized carbons (Fsp3) is 0.385. The predicted octanol–water partition coefficient (Wildman–Crippen LogP) is -0.129. The number of ether oxygens (including phenoxy) is 1. The first-order chi connectivity index (χ1) is 10.2. The van der Waals surface area contributed by atoms with Crippen molar-refractivity contribution >= 4 is 5.91 Å². The van der Waals surface area contributed by atoms with Gasteiger partial charge in [-0.1, -0.05) is 5.21 Å². The second kappa shape index (κ2) is 5.49. The molecule has 0 atom stereocenters. The molecule has 0 unspecified atom stereocenters. The van der Waals surface area contributed by atoms with Crippen LogP contribution in [0.1, 0.15) is 22.1 Å². The van der Waals surface area contributed by atoms with Crippen LogP contribution in [0.2, 0.25) is 0 Å². The van der Waals surface area contributed by atoms with Crippen molar-refractivity contribution < 1.29 is 14.6 Å². The molecule has 1 saturated heterocycles. The van der Waals surface area contributed by atoms with Crippen LogP contribution in [0.3, 0.4) is 0 Å². The van der Waals surface area contributed by atoms with E-state index in [0.717, 1.165) is 0 Å². The molecule has 0 bridgehead atoms. The van der Waals surface area contributed by atoms with Crippen molar-refractivity contribution in [2.75, 3.05) is 20.2 Å². The molecule has 110 valence electrons. The Balaban J connectivity index is 1.61. The van der Waals surface area contributed by atoms with Crippen LogP contribution in [-0.2, 0) is 6.61 Å². The Morgan fingerprint density at radius 2 is 2.29 bits per heavy atom. The summed E-state index contributed by atoms with van der Waals surface area (Å²) < 4.78 is 6.64. The van der Waals surface area contributed by atoms with E-state index in [1.807, 2.05) is 0 Å². The first-order valence-electron chi connectivity index (χ1n) is 6.52. The third-order valence-corrected chi connectivity index (χ3v) is 3.44. The molecule has 8 nitrogen and oxygen atoms in total. The molecule has 1 aliphatic rings. The average molecular weight is 289 g/mol. The molecule has 21 heavy (non-hydrogen) atoms. The van der Waals surface area contributed by atoms with E-state index < -0.39 is 0 Å². The van der Waals surface area contributed by atoms with E-state index in [2.05, 4.69) is 15.3 Å². The van der Waals surface area contributed by atoms with Crippen LogP contribution >= 0.6 is 0 Å². The Bertz CT molecular complexity index is 634. The topological polar surface area (TPSA) is 93.4 Å². The molecule has 2 aromatic rings. The molecule has 3 heterocycles. The Labute approximate surface area is 121 Å². The van der Waals surface area contributed by atoms with Crippen molar-refractivity contribution in [3.05, 3.63) is 35.8 Å². The smallest absolute Gasteiger partial charge is 0.255 e. The number of likely N-dealkylation sites (tertiary alicyclic amines) is 1. The van der Waals surface area contributed by atoms with Gasteiger partial charge in [0.15, 0.2) is 0 Å². The van der Waals surface area contributed by atoms with Gasteiger partial charge in [-0.25, -0.2) is 9.67 Å². The maximum Gasteiger partial charge on any atom is 0.255 e. The first kappa shape index (κ1) is 13.5. The summed E-state index contributed by atoms with van der Waals surface area (Å²) in [7, 11) is 1.53. The minimum absolute atomic E-state index is 0.0658. The van der Waals surface area contributed by atoms with Crippen LogP contribution in [0.25, 0.3) is 0 Å². The number of carbonyl (C=O) groups is 1. The molecule has 8 heteroatoms. The number of aliphatic hydroxyl groups excluding tert-OH is 1. The molecule has 0 radical (unpaired) electrons. The second-order valence-corrected chi connectivity index (χ2v) is 4.80. The third-order valence-electron chi connectivity index (χ3n) is 3.44. The van der Waals surface area contributed by atoms with Crippen molar-refractivity contribution in [3.8, 4) is 5.88 Å². The molecule has 0 aliphatic carbocycles. The number of carbonyl (C=O) groups excluding carboxylic acids is 1. The van der Waals surface area contributed by atoms with Crippen molar-refractivity contribution in [2.24, 2.45) is 0 Å². The van der Waals surface area contributed by atoms with Crippen molar-refractivity contribution in [1.29, 1.82) is 0 Å². The fourth-order valence-corrected chi connectivity index (χ4v) is 2.16. The minimum Gasteiger partial charge on any atom is -0.481 e. The van der Waals surface area contributed by atoms with Gasteiger partial charge in [0.1, 0.15) is 5.69 Å². The van der Waals surface area contributed by atoms with Gasteiger partial charge < -0.3 is 14.7 Å². The Kier molecular flexibility index (Phi) is 3.53. The number of rotatable bonds is 4. The highest BCUT2D eigenvalue weighted by molar-refractivity contribution is 5.94. The van der Waals surface area contributed by atoms with E-state index in [0.29, 0.717) is 30.2 Å². The lowest BCUT2D eigenvalue weighted by Crippen LogP contribution is -2.50. The molecule has 1 N–H and O–H groups in total.